The number of urea groups is 1. The second-order valence-corrected chi connectivity index (χ2v) is 5.50. The predicted octanol–water partition coefficient (Wildman–Crippen LogP) is 3.29. The number of halogens is 1. The van der Waals surface area contributed by atoms with Crippen LogP contribution in [0.2, 0.25) is 5.02 Å². The van der Waals surface area contributed by atoms with Crippen molar-refractivity contribution in [3.8, 4) is 0 Å². The van der Waals surface area contributed by atoms with Gasteiger partial charge in [0.05, 0.1) is 10.7 Å². The van der Waals surface area contributed by atoms with Crippen molar-refractivity contribution in [1.29, 1.82) is 0 Å². The van der Waals surface area contributed by atoms with Gasteiger partial charge in [-0.3, -0.25) is 4.90 Å². The molecule has 110 valence electrons. The van der Waals surface area contributed by atoms with E-state index in [-0.39, 0.29) is 6.03 Å². The molecule has 1 N–H and O–H groups in total. The van der Waals surface area contributed by atoms with E-state index in [0.717, 1.165) is 32.7 Å². The summed E-state index contributed by atoms with van der Waals surface area (Å²) in [5.41, 5.74) is 0.674. The number of nitrogens with one attached hydrogen (secondary N) is 1. The smallest absolute Gasteiger partial charge is 0.321 e. The van der Waals surface area contributed by atoms with Gasteiger partial charge in [0.25, 0.3) is 0 Å². The van der Waals surface area contributed by atoms with Gasteiger partial charge in [0.15, 0.2) is 0 Å². The average molecular weight is 296 g/mol. The molecule has 2 rings (SSSR count). The van der Waals surface area contributed by atoms with E-state index >= 15 is 0 Å². The minimum absolute atomic E-state index is 0.0618. The van der Waals surface area contributed by atoms with Crippen molar-refractivity contribution in [1.82, 2.24) is 9.80 Å². The quantitative estimate of drug-likeness (QED) is 0.925. The lowest BCUT2D eigenvalue weighted by Gasteiger charge is -2.34. The summed E-state index contributed by atoms with van der Waals surface area (Å²) in [6.45, 7) is 6.80. The topological polar surface area (TPSA) is 35.6 Å². The first kappa shape index (κ1) is 15.1. The van der Waals surface area contributed by atoms with Crippen LogP contribution in [0.15, 0.2) is 24.3 Å². The maximum atomic E-state index is 12.2. The fourth-order valence-corrected chi connectivity index (χ4v) is 2.50. The van der Waals surface area contributed by atoms with Crippen LogP contribution in [-0.2, 0) is 0 Å². The Morgan fingerprint density at radius 3 is 2.60 bits per heavy atom. The number of unbranched alkanes of at least 4 members (excludes halogenated alkanes) is 1. The van der Waals surface area contributed by atoms with E-state index in [2.05, 4.69) is 17.1 Å². The molecule has 0 radical (unpaired) electrons. The highest BCUT2D eigenvalue weighted by molar-refractivity contribution is 6.33. The molecular weight excluding hydrogens is 274 g/mol. The SMILES string of the molecule is CCCCN1CCN(C(=O)Nc2ccccc2Cl)CC1. The predicted molar refractivity (Wildman–Crippen MR) is 83.4 cm³/mol. The van der Waals surface area contributed by atoms with Crippen molar-refractivity contribution in [2.75, 3.05) is 38.0 Å². The number of amides is 2. The van der Waals surface area contributed by atoms with Crippen LogP contribution in [0.5, 0.6) is 0 Å². The summed E-state index contributed by atoms with van der Waals surface area (Å²) >= 11 is 6.05. The van der Waals surface area contributed by atoms with E-state index in [1.165, 1.54) is 12.8 Å². The molecule has 1 aromatic carbocycles. The van der Waals surface area contributed by atoms with Gasteiger partial charge in [0, 0.05) is 26.2 Å². The molecule has 0 aromatic heterocycles. The summed E-state index contributed by atoms with van der Waals surface area (Å²) in [6, 6.07) is 7.25. The second-order valence-electron chi connectivity index (χ2n) is 5.09. The third kappa shape index (κ3) is 4.12. The van der Waals surface area contributed by atoms with Crippen LogP contribution in [-0.4, -0.2) is 48.6 Å². The lowest BCUT2D eigenvalue weighted by atomic mass is 10.2. The maximum absolute atomic E-state index is 12.2. The molecule has 0 bridgehead atoms. The Bertz CT molecular complexity index is 444. The normalized spacial score (nSPS) is 16.2. The highest BCUT2D eigenvalue weighted by Gasteiger charge is 2.20. The molecule has 0 atom stereocenters. The Kier molecular flexibility index (Phi) is 5.68. The van der Waals surface area contributed by atoms with Gasteiger partial charge >= 0.3 is 6.03 Å². The minimum Gasteiger partial charge on any atom is -0.322 e. The van der Waals surface area contributed by atoms with Crippen molar-refractivity contribution < 1.29 is 4.79 Å². The number of hydrogen-bond donors (Lipinski definition) is 1. The number of para-hydroxylation sites is 1. The fraction of sp³-hybridized carbons (Fsp3) is 0.533. The Hall–Kier alpha value is -1.26. The van der Waals surface area contributed by atoms with Gasteiger partial charge in [0.2, 0.25) is 0 Å². The number of hydrogen-bond acceptors (Lipinski definition) is 2. The second kappa shape index (κ2) is 7.50. The molecule has 1 fully saturated rings. The third-order valence-corrected chi connectivity index (χ3v) is 3.93. The van der Waals surface area contributed by atoms with Crippen molar-refractivity contribution in [2.24, 2.45) is 0 Å². The van der Waals surface area contributed by atoms with Crippen molar-refractivity contribution in [3.63, 3.8) is 0 Å². The number of nitrogens with zero attached hydrogens (tertiary/aromatic N) is 2. The van der Waals surface area contributed by atoms with Gasteiger partial charge in [-0.05, 0) is 25.1 Å². The van der Waals surface area contributed by atoms with Crippen LogP contribution in [0.1, 0.15) is 19.8 Å². The van der Waals surface area contributed by atoms with Crippen LogP contribution < -0.4 is 5.32 Å². The largest absolute Gasteiger partial charge is 0.322 e. The van der Waals surface area contributed by atoms with Gasteiger partial charge in [-0.1, -0.05) is 37.1 Å². The monoisotopic (exact) mass is 295 g/mol. The van der Waals surface area contributed by atoms with E-state index in [0.29, 0.717) is 10.7 Å². The lowest BCUT2D eigenvalue weighted by molar-refractivity contribution is 0.146. The molecule has 0 aliphatic carbocycles. The van der Waals surface area contributed by atoms with E-state index in [1.54, 1.807) is 6.07 Å². The molecule has 1 aliphatic heterocycles. The molecular formula is C15H22ClN3O. The summed E-state index contributed by atoms with van der Waals surface area (Å²) in [4.78, 5) is 16.5. The molecule has 1 heterocycles. The molecule has 20 heavy (non-hydrogen) atoms. The number of rotatable bonds is 4. The van der Waals surface area contributed by atoms with E-state index in [9.17, 15) is 4.79 Å². The number of piperazine rings is 1. The van der Waals surface area contributed by atoms with Crippen LogP contribution >= 0.6 is 11.6 Å². The van der Waals surface area contributed by atoms with Crippen molar-refractivity contribution in [3.05, 3.63) is 29.3 Å². The average Bonchev–Trinajstić information content (AvgIpc) is 2.48. The zero-order chi connectivity index (χ0) is 14.4. The molecule has 1 aliphatic rings. The molecule has 0 saturated carbocycles. The molecule has 5 heteroatoms. The zero-order valence-electron chi connectivity index (χ0n) is 11.9. The van der Waals surface area contributed by atoms with Crippen LogP contribution in [0.25, 0.3) is 0 Å². The van der Waals surface area contributed by atoms with Crippen LogP contribution in [0, 0.1) is 0 Å². The zero-order valence-corrected chi connectivity index (χ0v) is 12.7. The van der Waals surface area contributed by atoms with Crippen LogP contribution in [0.3, 0.4) is 0 Å². The minimum atomic E-state index is -0.0618. The standard InChI is InChI=1S/C15H22ClN3O/c1-2-3-8-18-9-11-19(12-10-18)15(20)17-14-7-5-4-6-13(14)16/h4-7H,2-3,8-12H2,1H3,(H,17,20). The van der Waals surface area contributed by atoms with Crippen LogP contribution in [0.4, 0.5) is 10.5 Å². The van der Waals surface area contributed by atoms with E-state index in [1.807, 2.05) is 23.1 Å². The maximum Gasteiger partial charge on any atom is 0.321 e. The third-order valence-electron chi connectivity index (χ3n) is 3.60. The Morgan fingerprint density at radius 2 is 1.95 bits per heavy atom. The number of anilines is 1. The molecule has 2 amide bonds. The highest BCUT2D eigenvalue weighted by atomic mass is 35.5. The molecule has 1 aromatic rings. The molecule has 4 nitrogen and oxygen atoms in total. The van der Waals surface area contributed by atoms with Crippen molar-refractivity contribution >= 4 is 23.3 Å². The lowest BCUT2D eigenvalue weighted by Crippen LogP contribution is -2.50. The van der Waals surface area contributed by atoms with Gasteiger partial charge in [-0.15, -0.1) is 0 Å². The number of carbonyl (C=O) groups excluding carboxylic acids is 1. The molecule has 0 spiro atoms. The van der Waals surface area contributed by atoms with Gasteiger partial charge < -0.3 is 10.2 Å². The Labute approximate surface area is 125 Å². The summed E-state index contributed by atoms with van der Waals surface area (Å²) < 4.78 is 0. The van der Waals surface area contributed by atoms with Gasteiger partial charge in [-0.25, -0.2) is 4.79 Å². The Morgan fingerprint density at radius 1 is 1.25 bits per heavy atom. The summed E-state index contributed by atoms with van der Waals surface area (Å²) in [5.74, 6) is 0. The van der Waals surface area contributed by atoms with Gasteiger partial charge in [0.1, 0.15) is 0 Å². The van der Waals surface area contributed by atoms with Crippen molar-refractivity contribution in [2.45, 2.75) is 19.8 Å². The molecule has 1 saturated heterocycles. The summed E-state index contributed by atoms with van der Waals surface area (Å²) in [7, 11) is 0. The first-order chi connectivity index (χ1) is 9.70. The number of benzene rings is 1. The fourth-order valence-electron chi connectivity index (χ4n) is 2.31. The van der Waals surface area contributed by atoms with Gasteiger partial charge in [-0.2, -0.15) is 0 Å². The number of carbonyl (C=O) groups is 1. The molecule has 0 unspecified atom stereocenters. The first-order valence-corrected chi connectivity index (χ1v) is 7.61. The van der Waals surface area contributed by atoms with E-state index in [4.69, 9.17) is 11.6 Å². The first-order valence-electron chi connectivity index (χ1n) is 7.23. The highest BCUT2D eigenvalue weighted by Crippen LogP contribution is 2.21. The van der Waals surface area contributed by atoms with E-state index < -0.39 is 0 Å². The Balaban J connectivity index is 1.82. The summed E-state index contributed by atoms with van der Waals surface area (Å²) in [6.07, 6.45) is 2.44. The summed E-state index contributed by atoms with van der Waals surface area (Å²) in [5, 5.41) is 3.45.